The molecule has 6 nitrogen and oxygen atoms in total. The van der Waals surface area contributed by atoms with E-state index in [0.29, 0.717) is 5.69 Å². The van der Waals surface area contributed by atoms with Gasteiger partial charge in [-0.1, -0.05) is 25.1 Å². The van der Waals surface area contributed by atoms with Crippen LogP contribution in [-0.4, -0.2) is 24.8 Å². The number of anilines is 1. The molecule has 0 fully saturated rings. The lowest BCUT2D eigenvalue weighted by Gasteiger charge is -2.10. The minimum absolute atomic E-state index is 0.0510. The van der Waals surface area contributed by atoms with Crippen LogP contribution in [0.25, 0.3) is 27.1 Å². The Balaban J connectivity index is 1.61. The summed E-state index contributed by atoms with van der Waals surface area (Å²) in [5.74, 6) is 0.856. The summed E-state index contributed by atoms with van der Waals surface area (Å²) in [5.41, 5.74) is 13.2. The van der Waals surface area contributed by atoms with E-state index < -0.39 is 0 Å². The van der Waals surface area contributed by atoms with Crippen molar-refractivity contribution >= 4 is 32.9 Å². The van der Waals surface area contributed by atoms with E-state index in [4.69, 9.17) is 10.8 Å². The van der Waals surface area contributed by atoms with Gasteiger partial charge >= 0.3 is 0 Å². The van der Waals surface area contributed by atoms with Gasteiger partial charge in [0.05, 0.1) is 21.4 Å². The van der Waals surface area contributed by atoms with Gasteiger partial charge in [0.15, 0.2) is 11.5 Å². The van der Waals surface area contributed by atoms with E-state index in [0.717, 1.165) is 33.8 Å². The minimum Gasteiger partial charge on any atom is -0.399 e. The van der Waals surface area contributed by atoms with Crippen molar-refractivity contribution in [3.8, 4) is 11.3 Å². The van der Waals surface area contributed by atoms with Crippen molar-refractivity contribution in [2.75, 3.05) is 5.73 Å². The van der Waals surface area contributed by atoms with Crippen LogP contribution in [0.15, 0.2) is 60.1 Å². The topological polar surface area (TPSA) is 82.0 Å². The first-order chi connectivity index (χ1) is 13.2. The summed E-state index contributed by atoms with van der Waals surface area (Å²) in [7, 11) is 0. The number of benzene rings is 2. The lowest BCUT2D eigenvalue weighted by Crippen LogP contribution is -2.05. The Hall–Kier alpha value is -3.32. The predicted molar refractivity (Wildman–Crippen MR) is 108 cm³/mol. The molecule has 0 aliphatic carbocycles. The second-order valence-corrected chi connectivity index (χ2v) is 7.36. The Kier molecular flexibility index (Phi) is 3.61. The maximum Gasteiger partial charge on any atom is 0.177 e. The molecule has 0 aliphatic heterocycles. The van der Waals surface area contributed by atoms with E-state index in [2.05, 4.69) is 34.2 Å². The maximum atomic E-state index is 5.92. The zero-order valence-corrected chi connectivity index (χ0v) is 15.4. The molecule has 5 rings (SSSR count). The van der Waals surface area contributed by atoms with Gasteiger partial charge in [0, 0.05) is 17.2 Å². The number of fused-ring (bicyclic) bond motifs is 2. The Morgan fingerprint density at radius 2 is 1.96 bits per heavy atom. The fourth-order valence-electron chi connectivity index (χ4n) is 3.22. The van der Waals surface area contributed by atoms with E-state index >= 15 is 0 Å². The van der Waals surface area contributed by atoms with Crippen LogP contribution in [-0.2, 0) is 0 Å². The number of rotatable bonds is 3. The van der Waals surface area contributed by atoms with E-state index in [-0.39, 0.29) is 5.92 Å². The lowest BCUT2D eigenvalue weighted by atomic mass is 10.0. The molecule has 2 aromatic carbocycles. The number of nitrogens with zero attached hydrogens (tertiary/aromatic N) is 5. The summed E-state index contributed by atoms with van der Waals surface area (Å²) >= 11 is 1.64. The van der Waals surface area contributed by atoms with E-state index in [1.54, 1.807) is 11.3 Å². The fraction of sp³-hybridized carbons (Fsp3) is 0.100. The number of nitrogens with two attached hydrogens (primary N) is 1. The first-order valence-electron chi connectivity index (χ1n) is 8.60. The second-order valence-electron chi connectivity index (χ2n) is 6.47. The molecule has 1 atom stereocenters. The van der Waals surface area contributed by atoms with Crippen LogP contribution in [0, 0.1) is 0 Å². The average Bonchev–Trinajstić information content (AvgIpc) is 3.33. The lowest BCUT2D eigenvalue weighted by molar-refractivity contribution is 0.753. The van der Waals surface area contributed by atoms with Gasteiger partial charge in [-0.25, -0.2) is 4.98 Å². The van der Waals surface area contributed by atoms with E-state index in [1.807, 2.05) is 52.5 Å². The zero-order valence-electron chi connectivity index (χ0n) is 14.6. The normalized spacial score (nSPS) is 12.6. The third-order valence-corrected chi connectivity index (χ3v) is 5.50. The van der Waals surface area contributed by atoms with Gasteiger partial charge in [-0.05, 0) is 42.0 Å². The highest BCUT2D eigenvalue weighted by Gasteiger charge is 2.18. The van der Waals surface area contributed by atoms with Gasteiger partial charge in [-0.2, -0.15) is 9.61 Å². The molecule has 0 amide bonds. The predicted octanol–water partition coefficient (Wildman–Crippen LogP) is 4.14. The maximum absolute atomic E-state index is 5.92. The van der Waals surface area contributed by atoms with Crippen molar-refractivity contribution < 1.29 is 0 Å². The molecular formula is C20H16N6S. The summed E-state index contributed by atoms with van der Waals surface area (Å²) in [5, 5.41) is 13.5. The summed E-state index contributed by atoms with van der Waals surface area (Å²) in [6, 6.07) is 17.9. The van der Waals surface area contributed by atoms with Crippen molar-refractivity contribution in [3.63, 3.8) is 0 Å². The van der Waals surface area contributed by atoms with E-state index in [9.17, 15) is 0 Å². The molecule has 27 heavy (non-hydrogen) atoms. The summed E-state index contributed by atoms with van der Waals surface area (Å²) < 4.78 is 2.99. The SMILES string of the molecule is C[C@H](c1ccc2ncsc2c1)c1nnc2ccc(-c3cccc(N)c3)nn12. The first-order valence-corrected chi connectivity index (χ1v) is 9.48. The van der Waals surface area contributed by atoms with Crippen LogP contribution < -0.4 is 5.73 Å². The molecule has 7 heteroatoms. The molecule has 3 heterocycles. The summed E-state index contributed by atoms with van der Waals surface area (Å²) in [6.45, 7) is 2.12. The van der Waals surface area contributed by atoms with E-state index in [1.165, 1.54) is 4.70 Å². The molecule has 3 aromatic heterocycles. The Bertz CT molecular complexity index is 1270. The van der Waals surface area contributed by atoms with Gasteiger partial charge in [0.1, 0.15) is 0 Å². The van der Waals surface area contributed by atoms with Crippen molar-refractivity contribution in [2.24, 2.45) is 0 Å². The molecule has 0 spiro atoms. The number of nitrogen functional groups attached to an aromatic ring is 1. The molecule has 0 unspecified atom stereocenters. The average molecular weight is 372 g/mol. The smallest absolute Gasteiger partial charge is 0.177 e. The first kappa shape index (κ1) is 15.9. The van der Waals surface area contributed by atoms with Crippen molar-refractivity contribution in [2.45, 2.75) is 12.8 Å². The Morgan fingerprint density at radius 1 is 1.04 bits per heavy atom. The molecule has 0 saturated carbocycles. The summed E-state index contributed by atoms with van der Waals surface area (Å²) in [4.78, 5) is 4.35. The quantitative estimate of drug-likeness (QED) is 0.481. The number of thiazole rings is 1. The van der Waals surface area contributed by atoms with Crippen LogP contribution in [0.1, 0.15) is 24.2 Å². The molecule has 5 aromatic rings. The molecule has 132 valence electrons. The molecule has 0 radical (unpaired) electrons. The number of hydrogen-bond acceptors (Lipinski definition) is 6. The van der Waals surface area contributed by atoms with Gasteiger partial charge in [0.2, 0.25) is 0 Å². The molecular weight excluding hydrogens is 356 g/mol. The Labute approximate surface area is 159 Å². The zero-order chi connectivity index (χ0) is 18.4. The van der Waals surface area contributed by atoms with Crippen LogP contribution in [0.2, 0.25) is 0 Å². The number of hydrogen-bond donors (Lipinski definition) is 1. The van der Waals surface area contributed by atoms with Gasteiger partial charge in [0.25, 0.3) is 0 Å². The summed E-state index contributed by atoms with van der Waals surface area (Å²) in [6.07, 6.45) is 0. The highest BCUT2D eigenvalue weighted by atomic mass is 32.1. The second kappa shape index (κ2) is 6.14. The van der Waals surface area contributed by atoms with Crippen LogP contribution >= 0.6 is 11.3 Å². The van der Waals surface area contributed by atoms with Crippen LogP contribution in [0.4, 0.5) is 5.69 Å². The van der Waals surface area contributed by atoms with Crippen molar-refractivity contribution in [1.82, 2.24) is 24.8 Å². The van der Waals surface area contributed by atoms with Gasteiger partial charge in [-0.3, -0.25) is 0 Å². The van der Waals surface area contributed by atoms with Crippen LogP contribution in [0.3, 0.4) is 0 Å². The van der Waals surface area contributed by atoms with Crippen LogP contribution in [0.5, 0.6) is 0 Å². The Morgan fingerprint density at radius 3 is 2.85 bits per heavy atom. The van der Waals surface area contributed by atoms with Gasteiger partial charge in [-0.15, -0.1) is 21.5 Å². The monoisotopic (exact) mass is 372 g/mol. The van der Waals surface area contributed by atoms with Crippen molar-refractivity contribution in [3.05, 3.63) is 71.5 Å². The third kappa shape index (κ3) is 2.72. The minimum atomic E-state index is 0.0510. The standard InChI is InChI=1S/C20H16N6S/c1-12(13-5-6-17-18(10-13)27-11-22-17)20-24-23-19-8-7-16(25-26(19)20)14-3-2-4-15(21)9-14/h2-12H,21H2,1H3/t12-/m1/s1. The molecule has 2 N–H and O–H groups in total. The van der Waals surface area contributed by atoms with Crippen molar-refractivity contribution in [1.29, 1.82) is 0 Å². The number of aromatic nitrogens is 5. The highest BCUT2D eigenvalue weighted by Crippen LogP contribution is 2.28. The van der Waals surface area contributed by atoms with Gasteiger partial charge < -0.3 is 5.73 Å². The largest absolute Gasteiger partial charge is 0.399 e. The molecule has 0 aliphatic rings. The molecule has 0 saturated heterocycles. The fourth-order valence-corrected chi connectivity index (χ4v) is 3.94. The molecule has 0 bridgehead atoms. The third-order valence-electron chi connectivity index (χ3n) is 4.71. The highest BCUT2D eigenvalue weighted by molar-refractivity contribution is 7.16.